The van der Waals surface area contributed by atoms with Crippen LogP contribution in [0, 0.1) is 20.8 Å². The van der Waals surface area contributed by atoms with Gasteiger partial charge in [0.1, 0.15) is 11.5 Å². The van der Waals surface area contributed by atoms with E-state index in [1.807, 2.05) is 43.7 Å². The van der Waals surface area contributed by atoms with Crippen LogP contribution in [0.3, 0.4) is 0 Å². The molecule has 0 atom stereocenters. The highest BCUT2D eigenvalue weighted by atomic mass is 16.1. The lowest BCUT2D eigenvalue weighted by Crippen LogP contribution is -2.24. The molecule has 0 radical (unpaired) electrons. The van der Waals surface area contributed by atoms with Gasteiger partial charge in [-0.25, -0.2) is 4.98 Å². The summed E-state index contributed by atoms with van der Waals surface area (Å²) in [4.78, 5) is 25.0. The molecule has 3 rings (SSSR count). The van der Waals surface area contributed by atoms with Gasteiger partial charge in [-0.2, -0.15) is 0 Å². The number of nitrogens with zero attached hydrogens (tertiary/aromatic N) is 4. The predicted octanol–water partition coefficient (Wildman–Crippen LogP) is 2.52. The lowest BCUT2D eigenvalue weighted by Gasteiger charge is -2.09. The van der Waals surface area contributed by atoms with Gasteiger partial charge in [-0.3, -0.25) is 14.8 Å². The third-order valence-electron chi connectivity index (χ3n) is 3.88. The SMILES string of the molecule is Cc1cc(C)c(CNC(=O)c2cc(-n3ccnc3C)ccn2)cn1. The Kier molecular flexibility index (Phi) is 4.37. The van der Waals surface area contributed by atoms with Crippen LogP contribution in [0.5, 0.6) is 0 Å². The largest absolute Gasteiger partial charge is 0.347 e. The minimum atomic E-state index is -0.213. The summed E-state index contributed by atoms with van der Waals surface area (Å²) in [7, 11) is 0. The average Bonchev–Trinajstić information content (AvgIpc) is 3.00. The van der Waals surface area contributed by atoms with E-state index in [9.17, 15) is 4.79 Å². The van der Waals surface area contributed by atoms with Crippen molar-refractivity contribution in [2.45, 2.75) is 27.3 Å². The number of pyridine rings is 2. The van der Waals surface area contributed by atoms with Gasteiger partial charge >= 0.3 is 0 Å². The summed E-state index contributed by atoms with van der Waals surface area (Å²) < 4.78 is 1.91. The number of aryl methyl sites for hydroxylation is 3. The van der Waals surface area contributed by atoms with E-state index in [4.69, 9.17) is 0 Å². The van der Waals surface area contributed by atoms with E-state index in [1.54, 1.807) is 24.7 Å². The first-order chi connectivity index (χ1) is 11.5. The quantitative estimate of drug-likeness (QED) is 0.801. The van der Waals surface area contributed by atoms with E-state index >= 15 is 0 Å². The van der Waals surface area contributed by atoms with Gasteiger partial charge in [-0.05, 0) is 50.1 Å². The zero-order chi connectivity index (χ0) is 17.1. The van der Waals surface area contributed by atoms with E-state index in [1.165, 1.54) is 0 Å². The number of amides is 1. The maximum Gasteiger partial charge on any atom is 0.270 e. The van der Waals surface area contributed by atoms with Crippen molar-refractivity contribution in [2.24, 2.45) is 0 Å². The Hall–Kier alpha value is -3.02. The molecule has 1 N–H and O–H groups in total. The van der Waals surface area contributed by atoms with Crippen LogP contribution in [0.1, 0.15) is 33.1 Å². The lowest BCUT2D eigenvalue weighted by molar-refractivity contribution is 0.0946. The van der Waals surface area contributed by atoms with E-state index in [-0.39, 0.29) is 5.91 Å². The molecule has 0 spiro atoms. The summed E-state index contributed by atoms with van der Waals surface area (Å²) in [6.45, 7) is 6.29. The summed E-state index contributed by atoms with van der Waals surface area (Å²) in [5.74, 6) is 0.642. The molecule has 3 aromatic rings. The van der Waals surface area contributed by atoms with Crippen molar-refractivity contribution in [2.75, 3.05) is 0 Å². The Morgan fingerprint density at radius 1 is 1.12 bits per heavy atom. The van der Waals surface area contributed by atoms with Gasteiger partial charge in [-0.1, -0.05) is 0 Å². The van der Waals surface area contributed by atoms with Crippen molar-refractivity contribution in [3.8, 4) is 5.69 Å². The number of nitrogens with one attached hydrogen (secondary N) is 1. The lowest BCUT2D eigenvalue weighted by atomic mass is 10.1. The molecule has 3 heterocycles. The van der Waals surface area contributed by atoms with Gasteiger partial charge < -0.3 is 9.88 Å². The van der Waals surface area contributed by atoms with Crippen LogP contribution in [0.25, 0.3) is 5.69 Å². The smallest absolute Gasteiger partial charge is 0.270 e. The van der Waals surface area contributed by atoms with Gasteiger partial charge in [0, 0.05) is 37.0 Å². The third kappa shape index (κ3) is 3.32. The van der Waals surface area contributed by atoms with Crippen LogP contribution >= 0.6 is 0 Å². The number of aromatic nitrogens is 4. The van der Waals surface area contributed by atoms with Crippen LogP contribution in [-0.2, 0) is 6.54 Å². The highest BCUT2D eigenvalue weighted by Gasteiger charge is 2.10. The standard InChI is InChI=1S/C18H19N5O/c1-12-8-13(2)21-10-15(12)11-22-18(24)17-9-16(4-5-20-17)23-7-6-19-14(23)3/h4-10H,11H2,1-3H3,(H,22,24). The van der Waals surface area contributed by atoms with Gasteiger partial charge in [-0.15, -0.1) is 0 Å². The first-order valence-corrected chi connectivity index (χ1v) is 7.71. The minimum Gasteiger partial charge on any atom is -0.347 e. The fourth-order valence-corrected chi connectivity index (χ4v) is 2.52. The Bertz CT molecular complexity index is 885. The van der Waals surface area contributed by atoms with Crippen molar-refractivity contribution in [1.82, 2.24) is 24.8 Å². The van der Waals surface area contributed by atoms with Gasteiger partial charge in [0.05, 0.1) is 5.69 Å². The molecular weight excluding hydrogens is 302 g/mol. The third-order valence-corrected chi connectivity index (χ3v) is 3.88. The zero-order valence-electron chi connectivity index (χ0n) is 13.9. The molecule has 0 unspecified atom stereocenters. The van der Waals surface area contributed by atoms with Gasteiger partial charge in [0.25, 0.3) is 5.91 Å². The highest BCUT2D eigenvalue weighted by Crippen LogP contribution is 2.11. The molecule has 0 fully saturated rings. The van der Waals surface area contributed by atoms with Crippen LogP contribution < -0.4 is 5.32 Å². The molecule has 0 saturated carbocycles. The van der Waals surface area contributed by atoms with E-state index in [0.717, 1.165) is 28.3 Å². The van der Waals surface area contributed by atoms with Crippen molar-refractivity contribution in [1.29, 1.82) is 0 Å². The van der Waals surface area contributed by atoms with E-state index < -0.39 is 0 Å². The Morgan fingerprint density at radius 2 is 1.96 bits per heavy atom. The number of carbonyl (C=O) groups excluding carboxylic acids is 1. The van der Waals surface area contributed by atoms with Gasteiger partial charge in [0.15, 0.2) is 0 Å². The van der Waals surface area contributed by atoms with Crippen molar-refractivity contribution < 1.29 is 4.79 Å². The highest BCUT2D eigenvalue weighted by molar-refractivity contribution is 5.92. The van der Waals surface area contributed by atoms with Crippen molar-refractivity contribution in [3.05, 3.63) is 71.3 Å². The molecule has 24 heavy (non-hydrogen) atoms. The molecule has 1 amide bonds. The summed E-state index contributed by atoms with van der Waals surface area (Å²) in [5.41, 5.74) is 4.30. The molecule has 0 aliphatic heterocycles. The molecule has 0 aliphatic carbocycles. The molecule has 3 aromatic heterocycles. The Balaban J connectivity index is 1.75. The van der Waals surface area contributed by atoms with Crippen molar-refractivity contribution >= 4 is 5.91 Å². The molecule has 6 nitrogen and oxygen atoms in total. The second-order valence-electron chi connectivity index (χ2n) is 5.68. The number of hydrogen-bond acceptors (Lipinski definition) is 4. The Labute approximate surface area is 140 Å². The molecule has 0 aromatic carbocycles. The van der Waals surface area contributed by atoms with Crippen LogP contribution in [-0.4, -0.2) is 25.4 Å². The maximum atomic E-state index is 12.4. The fraction of sp³-hybridized carbons (Fsp3) is 0.222. The second-order valence-corrected chi connectivity index (χ2v) is 5.68. The first kappa shape index (κ1) is 15.9. The molecule has 6 heteroatoms. The van der Waals surface area contributed by atoms with Crippen LogP contribution in [0.15, 0.2) is 43.0 Å². The van der Waals surface area contributed by atoms with Crippen LogP contribution in [0.2, 0.25) is 0 Å². The molecule has 122 valence electrons. The normalized spacial score (nSPS) is 10.6. The number of hydrogen-bond donors (Lipinski definition) is 1. The van der Waals surface area contributed by atoms with Crippen LogP contribution in [0.4, 0.5) is 0 Å². The molecule has 0 aliphatic rings. The summed E-state index contributed by atoms with van der Waals surface area (Å²) in [5, 5.41) is 2.90. The molecular formula is C18H19N5O. The fourth-order valence-electron chi connectivity index (χ4n) is 2.52. The summed E-state index contributed by atoms with van der Waals surface area (Å²) >= 11 is 0. The molecule has 0 bridgehead atoms. The summed E-state index contributed by atoms with van der Waals surface area (Å²) in [6, 6.07) is 5.60. The number of carbonyl (C=O) groups is 1. The number of rotatable bonds is 4. The maximum absolute atomic E-state index is 12.4. The van der Waals surface area contributed by atoms with Gasteiger partial charge in [0.2, 0.25) is 0 Å². The zero-order valence-corrected chi connectivity index (χ0v) is 13.9. The van der Waals surface area contributed by atoms with Crippen molar-refractivity contribution in [3.63, 3.8) is 0 Å². The minimum absolute atomic E-state index is 0.213. The summed E-state index contributed by atoms with van der Waals surface area (Å²) in [6.07, 6.45) is 7.00. The Morgan fingerprint density at radius 3 is 2.67 bits per heavy atom. The second kappa shape index (κ2) is 6.62. The predicted molar refractivity (Wildman–Crippen MR) is 91.0 cm³/mol. The molecule has 0 saturated heterocycles. The number of imidazole rings is 1. The topological polar surface area (TPSA) is 72.7 Å². The monoisotopic (exact) mass is 321 g/mol. The van der Waals surface area contributed by atoms with E-state index in [2.05, 4.69) is 20.3 Å². The first-order valence-electron chi connectivity index (χ1n) is 7.71. The van der Waals surface area contributed by atoms with E-state index in [0.29, 0.717) is 12.2 Å². The average molecular weight is 321 g/mol.